The van der Waals surface area contributed by atoms with Gasteiger partial charge in [-0.2, -0.15) is 0 Å². The second-order valence-corrected chi connectivity index (χ2v) is 8.56. The Hall–Kier alpha value is -3.45. The second-order valence-electron chi connectivity index (χ2n) is 8.56. The third kappa shape index (κ3) is 5.14. The molecule has 2 aliphatic rings. The molecule has 1 atom stereocenters. The zero-order valence-corrected chi connectivity index (χ0v) is 18.7. The summed E-state index contributed by atoms with van der Waals surface area (Å²) in [4.78, 5) is 26.5. The van der Waals surface area contributed by atoms with Crippen molar-refractivity contribution in [1.29, 1.82) is 0 Å². The van der Waals surface area contributed by atoms with Crippen molar-refractivity contribution in [2.75, 3.05) is 54.5 Å². The molecule has 2 aromatic carbocycles. The Morgan fingerprint density at radius 3 is 2.33 bits per heavy atom. The van der Waals surface area contributed by atoms with Gasteiger partial charge in [0, 0.05) is 55.5 Å². The van der Waals surface area contributed by atoms with Crippen LogP contribution in [0.4, 0.5) is 17.3 Å². The molecular formula is C26H29N5O2. The monoisotopic (exact) mass is 443 g/mol. The summed E-state index contributed by atoms with van der Waals surface area (Å²) in [5.74, 6) is 0.650. The minimum atomic E-state index is -0.0879. The molecule has 0 spiro atoms. The molecule has 170 valence electrons. The highest BCUT2D eigenvalue weighted by atomic mass is 16.5. The molecule has 33 heavy (non-hydrogen) atoms. The number of piperidine rings is 1. The number of aromatic nitrogens is 2. The fourth-order valence-electron chi connectivity index (χ4n) is 4.46. The maximum absolute atomic E-state index is 13.0. The maximum Gasteiger partial charge on any atom is 0.229 e. The SMILES string of the molecule is O=C(Nc1ccc(N2CCOCC2)cc1)[C@@H]1CCCN(c2ncc(-c3ccccc3)cn2)C1. The Kier molecular flexibility index (Phi) is 6.48. The zero-order valence-electron chi connectivity index (χ0n) is 18.7. The van der Waals surface area contributed by atoms with Gasteiger partial charge in [0.25, 0.3) is 0 Å². The van der Waals surface area contributed by atoms with Crippen LogP contribution in [0.2, 0.25) is 0 Å². The van der Waals surface area contributed by atoms with E-state index >= 15 is 0 Å². The maximum atomic E-state index is 13.0. The Morgan fingerprint density at radius 1 is 0.879 bits per heavy atom. The Morgan fingerprint density at radius 2 is 1.61 bits per heavy atom. The number of carbonyl (C=O) groups excluding carboxylic acids is 1. The lowest BCUT2D eigenvalue weighted by Crippen LogP contribution is -2.41. The number of carbonyl (C=O) groups is 1. The van der Waals surface area contributed by atoms with E-state index in [2.05, 4.69) is 37.2 Å². The zero-order chi connectivity index (χ0) is 22.5. The third-order valence-electron chi connectivity index (χ3n) is 6.33. The predicted octanol–water partition coefficient (Wildman–Crippen LogP) is 3.84. The van der Waals surface area contributed by atoms with Crippen LogP contribution in [0.25, 0.3) is 11.1 Å². The summed E-state index contributed by atoms with van der Waals surface area (Å²) in [5.41, 5.74) is 4.08. The molecule has 2 fully saturated rings. The number of nitrogens with one attached hydrogen (secondary N) is 1. The number of rotatable bonds is 5. The summed E-state index contributed by atoms with van der Waals surface area (Å²) >= 11 is 0. The molecule has 7 nitrogen and oxygen atoms in total. The van der Waals surface area contributed by atoms with Crippen LogP contribution in [0.3, 0.4) is 0 Å². The summed E-state index contributed by atoms with van der Waals surface area (Å²) < 4.78 is 5.42. The predicted molar refractivity (Wildman–Crippen MR) is 131 cm³/mol. The Labute approximate surface area is 194 Å². The van der Waals surface area contributed by atoms with E-state index in [0.29, 0.717) is 12.5 Å². The number of hydrogen-bond acceptors (Lipinski definition) is 6. The first-order valence-electron chi connectivity index (χ1n) is 11.6. The van der Waals surface area contributed by atoms with E-state index < -0.39 is 0 Å². The molecular weight excluding hydrogens is 414 g/mol. The Balaban J connectivity index is 1.19. The van der Waals surface area contributed by atoms with Crippen molar-refractivity contribution in [1.82, 2.24) is 9.97 Å². The molecule has 0 saturated carbocycles. The first-order chi connectivity index (χ1) is 16.3. The average molecular weight is 444 g/mol. The fraction of sp³-hybridized carbons (Fsp3) is 0.346. The van der Waals surface area contributed by atoms with Crippen LogP contribution >= 0.6 is 0 Å². The second kappa shape index (κ2) is 10.0. The van der Waals surface area contributed by atoms with E-state index in [1.807, 2.05) is 54.9 Å². The highest BCUT2D eigenvalue weighted by Crippen LogP contribution is 2.25. The van der Waals surface area contributed by atoms with Crippen LogP contribution in [0, 0.1) is 5.92 Å². The molecule has 0 radical (unpaired) electrons. The van der Waals surface area contributed by atoms with Gasteiger partial charge in [-0.1, -0.05) is 30.3 Å². The highest BCUT2D eigenvalue weighted by molar-refractivity contribution is 5.93. The molecule has 0 aliphatic carbocycles. The van der Waals surface area contributed by atoms with E-state index in [1.54, 1.807) is 0 Å². The first kappa shape index (κ1) is 21.4. The van der Waals surface area contributed by atoms with Crippen LogP contribution in [-0.2, 0) is 9.53 Å². The topological polar surface area (TPSA) is 70.6 Å². The standard InChI is InChI=1S/C26H29N5O2/c32-25(29-23-8-10-24(11-9-23)30-13-15-33-16-14-30)21-7-4-12-31(19-21)26-27-17-22(18-28-26)20-5-2-1-3-6-20/h1-3,5-6,8-11,17-18,21H,4,7,12-16,19H2,(H,29,32)/t21-/m1/s1. The van der Waals surface area contributed by atoms with E-state index in [0.717, 1.165) is 68.2 Å². The Bertz CT molecular complexity index is 1050. The number of amides is 1. The van der Waals surface area contributed by atoms with Gasteiger partial charge in [-0.15, -0.1) is 0 Å². The molecule has 2 saturated heterocycles. The van der Waals surface area contributed by atoms with Crippen molar-refractivity contribution in [3.63, 3.8) is 0 Å². The third-order valence-corrected chi connectivity index (χ3v) is 6.33. The van der Waals surface area contributed by atoms with Gasteiger partial charge in [0.15, 0.2) is 0 Å². The number of nitrogens with zero attached hydrogens (tertiary/aromatic N) is 4. The summed E-state index contributed by atoms with van der Waals surface area (Å²) in [6.45, 7) is 4.81. The molecule has 5 rings (SSSR count). The van der Waals surface area contributed by atoms with Gasteiger partial charge in [-0.25, -0.2) is 9.97 Å². The van der Waals surface area contributed by atoms with Crippen molar-refractivity contribution in [2.24, 2.45) is 5.92 Å². The number of hydrogen-bond donors (Lipinski definition) is 1. The quantitative estimate of drug-likeness (QED) is 0.646. The highest BCUT2D eigenvalue weighted by Gasteiger charge is 2.27. The minimum Gasteiger partial charge on any atom is -0.378 e. The normalized spacial score (nSPS) is 18.7. The smallest absolute Gasteiger partial charge is 0.229 e. The van der Waals surface area contributed by atoms with Crippen molar-refractivity contribution in [3.05, 3.63) is 67.0 Å². The fourth-order valence-corrected chi connectivity index (χ4v) is 4.46. The lowest BCUT2D eigenvalue weighted by Gasteiger charge is -2.32. The van der Waals surface area contributed by atoms with Gasteiger partial charge < -0.3 is 19.9 Å². The van der Waals surface area contributed by atoms with E-state index in [-0.39, 0.29) is 11.8 Å². The molecule has 7 heteroatoms. The lowest BCUT2D eigenvalue weighted by atomic mass is 9.97. The van der Waals surface area contributed by atoms with Crippen molar-refractivity contribution < 1.29 is 9.53 Å². The molecule has 0 unspecified atom stereocenters. The first-order valence-corrected chi connectivity index (χ1v) is 11.6. The van der Waals surface area contributed by atoms with Crippen LogP contribution in [-0.4, -0.2) is 55.3 Å². The molecule has 3 heterocycles. The van der Waals surface area contributed by atoms with Crippen LogP contribution in [0.15, 0.2) is 67.0 Å². The molecule has 1 amide bonds. The molecule has 0 bridgehead atoms. The van der Waals surface area contributed by atoms with Gasteiger partial charge in [-0.3, -0.25) is 4.79 Å². The van der Waals surface area contributed by atoms with Crippen molar-refractivity contribution in [2.45, 2.75) is 12.8 Å². The molecule has 3 aromatic rings. The van der Waals surface area contributed by atoms with Crippen LogP contribution in [0.1, 0.15) is 12.8 Å². The van der Waals surface area contributed by atoms with Gasteiger partial charge in [0.1, 0.15) is 0 Å². The molecule has 2 aliphatic heterocycles. The van der Waals surface area contributed by atoms with E-state index in [4.69, 9.17) is 4.74 Å². The summed E-state index contributed by atoms with van der Waals surface area (Å²) in [6, 6.07) is 18.2. The number of anilines is 3. The number of ether oxygens (including phenoxy) is 1. The minimum absolute atomic E-state index is 0.0553. The number of benzene rings is 2. The molecule has 1 aromatic heterocycles. The van der Waals surface area contributed by atoms with Gasteiger partial charge in [-0.05, 0) is 42.7 Å². The van der Waals surface area contributed by atoms with Gasteiger partial charge in [0.05, 0.1) is 19.1 Å². The van der Waals surface area contributed by atoms with Crippen molar-refractivity contribution >= 4 is 23.2 Å². The van der Waals surface area contributed by atoms with Gasteiger partial charge in [0.2, 0.25) is 11.9 Å². The number of morpholine rings is 1. The summed E-state index contributed by atoms with van der Waals surface area (Å²) in [6.07, 6.45) is 5.53. The average Bonchev–Trinajstić information content (AvgIpc) is 2.90. The lowest BCUT2D eigenvalue weighted by molar-refractivity contribution is -0.120. The largest absolute Gasteiger partial charge is 0.378 e. The van der Waals surface area contributed by atoms with Gasteiger partial charge >= 0.3 is 0 Å². The van der Waals surface area contributed by atoms with E-state index in [9.17, 15) is 4.79 Å². The van der Waals surface area contributed by atoms with Crippen LogP contribution < -0.4 is 15.1 Å². The van der Waals surface area contributed by atoms with Crippen molar-refractivity contribution in [3.8, 4) is 11.1 Å². The van der Waals surface area contributed by atoms with E-state index in [1.165, 1.54) is 0 Å². The summed E-state index contributed by atoms with van der Waals surface area (Å²) in [5, 5.41) is 3.09. The summed E-state index contributed by atoms with van der Waals surface area (Å²) in [7, 11) is 0. The molecule has 1 N–H and O–H groups in total. The van der Waals surface area contributed by atoms with Crippen LogP contribution in [0.5, 0.6) is 0 Å².